The van der Waals surface area contributed by atoms with Crippen molar-refractivity contribution in [2.24, 2.45) is 7.05 Å². The van der Waals surface area contributed by atoms with Gasteiger partial charge in [0.05, 0.1) is 6.20 Å². The average Bonchev–Trinajstić information content (AvgIpc) is 2.69. The molecule has 1 aromatic heterocycles. The third-order valence-electron chi connectivity index (χ3n) is 3.35. The number of aromatic nitrogens is 2. The molecule has 0 saturated heterocycles. The zero-order chi connectivity index (χ0) is 14.0. The van der Waals surface area contributed by atoms with Gasteiger partial charge in [-0.2, -0.15) is 5.10 Å². The number of nitrogens with zero attached hydrogens (tertiary/aromatic N) is 2. The summed E-state index contributed by atoms with van der Waals surface area (Å²) < 4.78 is 2.92. The lowest BCUT2D eigenvalue weighted by Gasteiger charge is -2.14. The van der Waals surface area contributed by atoms with Gasteiger partial charge in [0.1, 0.15) is 0 Å². The first-order chi connectivity index (χ1) is 8.99. The summed E-state index contributed by atoms with van der Waals surface area (Å²) in [5.74, 6) is 0. The Morgan fingerprint density at radius 1 is 1.47 bits per heavy atom. The first-order valence-electron chi connectivity index (χ1n) is 6.15. The number of rotatable bonds is 4. The van der Waals surface area contributed by atoms with Crippen molar-refractivity contribution in [3.05, 3.63) is 50.7 Å². The van der Waals surface area contributed by atoms with Gasteiger partial charge in [0.2, 0.25) is 0 Å². The van der Waals surface area contributed by atoms with E-state index in [2.05, 4.69) is 40.2 Å². The Morgan fingerprint density at radius 2 is 2.21 bits per heavy atom. The number of hydrogen-bond acceptors (Lipinski definition) is 2. The second-order valence-electron chi connectivity index (χ2n) is 4.65. The van der Waals surface area contributed by atoms with Crippen molar-refractivity contribution < 1.29 is 0 Å². The highest BCUT2D eigenvalue weighted by molar-refractivity contribution is 9.10. The van der Waals surface area contributed by atoms with Crippen molar-refractivity contribution in [3.8, 4) is 0 Å². The summed E-state index contributed by atoms with van der Waals surface area (Å²) in [7, 11) is 1.96. The fraction of sp³-hybridized carbons (Fsp3) is 0.357. The second kappa shape index (κ2) is 6.07. The molecule has 19 heavy (non-hydrogen) atoms. The molecule has 102 valence electrons. The lowest BCUT2D eigenvalue weighted by Crippen LogP contribution is -2.18. The molecule has 1 heterocycles. The van der Waals surface area contributed by atoms with Crippen LogP contribution in [0.25, 0.3) is 0 Å². The maximum atomic E-state index is 5.94. The monoisotopic (exact) mass is 341 g/mol. The summed E-state index contributed by atoms with van der Waals surface area (Å²) in [5, 5.41) is 8.52. The zero-order valence-corrected chi connectivity index (χ0v) is 13.6. The van der Waals surface area contributed by atoms with Gasteiger partial charge < -0.3 is 5.32 Å². The molecule has 0 spiro atoms. The van der Waals surface area contributed by atoms with E-state index in [0.717, 1.165) is 16.0 Å². The minimum atomic E-state index is 0.260. The van der Waals surface area contributed by atoms with E-state index in [4.69, 9.17) is 11.6 Å². The number of hydrogen-bond donors (Lipinski definition) is 1. The van der Waals surface area contributed by atoms with Gasteiger partial charge in [0.15, 0.2) is 0 Å². The fourth-order valence-electron chi connectivity index (χ4n) is 1.98. The van der Waals surface area contributed by atoms with Gasteiger partial charge in [-0.3, -0.25) is 4.68 Å². The van der Waals surface area contributed by atoms with Crippen molar-refractivity contribution in [1.82, 2.24) is 15.1 Å². The molecule has 0 saturated carbocycles. The maximum Gasteiger partial charge on any atom is 0.0540 e. The van der Waals surface area contributed by atoms with E-state index in [0.29, 0.717) is 0 Å². The average molecular weight is 343 g/mol. The highest BCUT2D eigenvalue weighted by Crippen LogP contribution is 2.23. The van der Waals surface area contributed by atoms with Crippen molar-refractivity contribution in [2.45, 2.75) is 26.4 Å². The van der Waals surface area contributed by atoms with Crippen LogP contribution in [0.5, 0.6) is 0 Å². The quantitative estimate of drug-likeness (QED) is 0.910. The molecule has 2 aromatic rings. The van der Waals surface area contributed by atoms with Crippen molar-refractivity contribution in [3.63, 3.8) is 0 Å². The van der Waals surface area contributed by atoms with Gasteiger partial charge in [-0.05, 0) is 31.5 Å². The summed E-state index contributed by atoms with van der Waals surface area (Å²) in [6, 6.07) is 6.11. The van der Waals surface area contributed by atoms with Crippen LogP contribution in [0.3, 0.4) is 0 Å². The Kier molecular flexibility index (Phi) is 4.66. The molecule has 0 amide bonds. The third kappa shape index (κ3) is 3.38. The van der Waals surface area contributed by atoms with Crippen LogP contribution in [0.2, 0.25) is 5.02 Å². The summed E-state index contributed by atoms with van der Waals surface area (Å²) in [6.45, 7) is 5.01. The smallest absolute Gasteiger partial charge is 0.0540 e. The molecular weight excluding hydrogens is 326 g/mol. The molecule has 1 N–H and O–H groups in total. The normalized spacial score (nSPS) is 12.7. The van der Waals surface area contributed by atoms with Gasteiger partial charge in [0.25, 0.3) is 0 Å². The third-order valence-corrected chi connectivity index (χ3v) is 4.33. The number of halogens is 2. The molecule has 0 aliphatic rings. The Balaban J connectivity index is 2.04. The summed E-state index contributed by atoms with van der Waals surface area (Å²) >= 11 is 9.47. The second-order valence-corrected chi connectivity index (χ2v) is 5.94. The van der Waals surface area contributed by atoms with Crippen LogP contribution in [0.4, 0.5) is 0 Å². The van der Waals surface area contributed by atoms with E-state index in [9.17, 15) is 0 Å². The first-order valence-corrected chi connectivity index (χ1v) is 7.32. The molecule has 0 bridgehead atoms. The molecule has 3 nitrogen and oxygen atoms in total. The summed E-state index contributed by atoms with van der Waals surface area (Å²) in [6.07, 6.45) is 1.92. The van der Waals surface area contributed by atoms with Gasteiger partial charge in [-0.15, -0.1) is 0 Å². The van der Waals surface area contributed by atoms with Crippen LogP contribution >= 0.6 is 27.5 Å². The van der Waals surface area contributed by atoms with Crippen LogP contribution in [-0.2, 0) is 13.6 Å². The number of benzene rings is 1. The van der Waals surface area contributed by atoms with Gasteiger partial charge >= 0.3 is 0 Å². The van der Waals surface area contributed by atoms with E-state index in [1.807, 2.05) is 36.1 Å². The molecule has 5 heteroatoms. The van der Waals surface area contributed by atoms with Gasteiger partial charge in [0, 0.05) is 40.4 Å². The largest absolute Gasteiger partial charge is 0.306 e. The van der Waals surface area contributed by atoms with Crippen molar-refractivity contribution >= 4 is 27.5 Å². The topological polar surface area (TPSA) is 29.9 Å². The fourth-order valence-corrected chi connectivity index (χ4v) is 2.80. The van der Waals surface area contributed by atoms with E-state index < -0.39 is 0 Å². The molecule has 1 aromatic carbocycles. The molecule has 1 unspecified atom stereocenters. The van der Waals surface area contributed by atoms with Crippen molar-refractivity contribution in [1.29, 1.82) is 0 Å². The Morgan fingerprint density at radius 3 is 2.79 bits per heavy atom. The Labute approximate surface area is 127 Å². The summed E-state index contributed by atoms with van der Waals surface area (Å²) in [5.41, 5.74) is 3.61. The number of nitrogens with one attached hydrogen (secondary N) is 1. The van der Waals surface area contributed by atoms with Crippen LogP contribution in [0.15, 0.2) is 28.9 Å². The minimum Gasteiger partial charge on any atom is -0.306 e. The van der Waals surface area contributed by atoms with Crippen LogP contribution in [-0.4, -0.2) is 9.78 Å². The van der Waals surface area contributed by atoms with Gasteiger partial charge in [-0.1, -0.05) is 33.6 Å². The lowest BCUT2D eigenvalue weighted by atomic mass is 10.1. The lowest BCUT2D eigenvalue weighted by molar-refractivity contribution is 0.569. The summed E-state index contributed by atoms with van der Waals surface area (Å²) in [4.78, 5) is 0. The predicted octanol–water partition coefficient (Wildman–Crippen LogP) is 4.00. The molecule has 1 atom stereocenters. The van der Waals surface area contributed by atoms with E-state index in [1.165, 1.54) is 16.8 Å². The maximum absolute atomic E-state index is 5.94. The van der Waals surface area contributed by atoms with E-state index in [1.54, 1.807) is 0 Å². The Bertz CT molecular complexity index is 580. The first kappa shape index (κ1) is 14.6. The highest BCUT2D eigenvalue weighted by Gasteiger charge is 2.12. The molecule has 0 fully saturated rings. The molecule has 0 radical (unpaired) electrons. The van der Waals surface area contributed by atoms with Crippen LogP contribution < -0.4 is 5.32 Å². The number of aryl methyl sites for hydroxylation is 1. The molecule has 0 aliphatic carbocycles. The molecule has 0 aliphatic heterocycles. The van der Waals surface area contributed by atoms with Crippen LogP contribution in [0.1, 0.15) is 29.8 Å². The Hall–Kier alpha value is -0.840. The SMILES string of the molecule is Cc1c(C(C)NCc2ccc(Cl)cc2Br)cnn1C. The predicted molar refractivity (Wildman–Crippen MR) is 82.4 cm³/mol. The minimum absolute atomic E-state index is 0.260. The molecular formula is C14H17BrClN3. The standard InChI is InChI=1S/C14H17BrClN3/c1-9(13-8-18-19(3)10(13)2)17-7-11-4-5-12(16)6-14(11)15/h4-6,8-9,17H,7H2,1-3H3. The van der Waals surface area contributed by atoms with Gasteiger partial charge in [-0.25, -0.2) is 0 Å². The highest BCUT2D eigenvalue weighted by atomic mass is 79.9. The van der Waals surface area contributed by atoms with Crippen molar-refractivity contribution in [2.75, 3.05) is 0 Å². The zero-order valence-electron chi connectivity index (χ0n) is 11.2. The van der Waals surface area contributed by atoms with Crippen LogP contribution in [0, 0.1) is 6.92 Å². The molecule has 2 rings (SSSR count). The van der Waals surface area contributed by atoms with E-state index >= 15 is 0 Å². The van der Waals surface area contributed by atoms with E-state index in [-0.39, 0.29) is 6.04 Å².